The average Bonchev–Trinajstić information content (AvgIpc) is 2.54. The summed E-state index contributed by atoms with van der Waals surface area (Å²) in [5, 5.41) is 3.59. The average molecular weight is 335 g/mol. The van der Waals surface area contributed by atoms with Crippen LogP contribution in [-0.4, -0.2) is 24.0 Å². The van der Waals surface area contributed by atoms with Gasteiger partial charge < -0.3 is 10.2 Å². The highest BCUT2D eigenvalue weighted by Gasteiger charge is 2.11. The van der Waals surface area contributed by atoms with Crippen LogP contribution >= 0.6 is 11.6 Å². The molecule has 23 heavy (non-hydrogen) atoms. The van der Waals surface area contributed by atoms with E-state index in [-0.39, 0.29) is 11.8 Å². The van der Waals surface area contributed by atoms with Crippen molar-refractivity contribution >= 4 is 17.6 Å². The Hall–Kier alpha value is -2.07. The molecule has 0 aromatic heterocycles. The van der Waals surface area contributed by atoms with Gasteiger partial charge in [-0.15, -0.1) is 0 Å². The van der Waals surface area contributed by atoms with E-state index in [1.165, 1.54) is 12.1 Å². The van der Waals surface area contributed by atoms with Gasteiger partial charge in [0.05, 0.1) is 0 Å². The Bertz CT molecular complexity index is 646. The molecule has 0 saturated heterocycles. The quantitative estimate of drug-likeness (QED) is 0.841. The highest BCUT2D eigenvalue weighted by molar-refractivity contribution is 6.30. The summed E-state index contributed by atoms with van der Waals surface area (Å²) < 4.78 is 13.2. The van der Waals surface area contributed by atoms with E-state index in [1.54, 1.807) is 11.0 Å². The third-order valence-electron chi connectivity index (χ3n) is 3.53. The fourth-order valence-electron chi connectivity index (χ4n) is 2.26. The summed E-state index contributed by atoms with van der Waals surface area (Å²) in [4.78, 5) is 13.9. The smallest absolute Gasteiger partial charge is 0.317 e. The minimum atomic E-state index is -0.290. The number of carbonyl (C=O) groups is 1. The lowest BCUT2D eigenvalue weighted by molar-refractivity contribution is 0.198. The van der Waals surface area contributed by atoms with Gasteiger partial charge in [0.15, 0.2) is 0 Å². The van der Waals surface area contributed by atoms with Crippen molar-refractivity contribution in [2.24, 2.45) is 0 Å². The summed E-state index contributed by atoms with van der Waals surface area (Å²) in [7, 11) is 0. The molecule has 5 heteroatoms. The Morgan fingerprint density at radius 3 is 2.57 bits per heavy atom. The highest BCUT2D eigenvalue weighted by atomic mass is 35.5. The Kier molecular flexibility index (Phi) is 6.41. The van der Waals surface area contributed by atoms with Crippen molar-refractivity contribution in [1.29, 1.82) is 0 Å². The van der Waals surface area contributed by atoms with Crippen LogP contribution in [0.15, 0.2) is 48.5 Å². The van der Waals surface area contributed by atoms with Crippen molar-refractivity contribution in [3.63, 3.8) is 0 Å². The molecule has 0 bridgehead atoms. The maximum Gasteiger partial charge on any atom is 0.317 e. The molecule has 0 radical (unpaired) electrons. The van der Waals surface area contributed by atoms with Crippen molar-refractivity contribution in [2.75, 3.05) is 13.1 Å². The van der Waals surface area contributed by atoms with E-state index in [4.69, 9.17) is 11.6 Å². The number of carbonyl (C=O) groups excluding carboxylic acids is 1. The lowest BCUT2D eigenvalue weighted by Crippen LogP contribution is -2.40. The van der Waals surface area contributed by atoms with Gasteiger partial charge in [0.2, 0.25) is 0 Å². The maximum absolute atomic E-state index is 13.2. The van der Waals surface area contributed by atoms with Crippen molar-refractivity contribution in [2.45, 2.75) is 19.9 Å². The van der Waals surface area contributed by atoms with Crippen molar-refractivity contribution in [3.05, 3.63) is 70.5 Å². The summed E-state index contributed by atoms with van der Waals surface area (Å²) in [5.41, 5.74) is 1.89. The first-order valence-corrected chi connectivity index (χ1v) is 7.98. The van der Waals surface area contributed by atoms with E-state index in [0.29, 0.717) is 24.7 Å². The van der Waals surface area contributed by atoms with Gasteiger partial charge in [-0.1, -0.05) is 35.9 Å². The van der Waals surface area contributed by atoms with Gasteiger partial charge >= 0.3 is 6.03 Å². The molecular formula is C18H20ClFN2O. The molecule has 122 valence electrons. The Morgan fingerprint density at radius 2 is 1.91 bits per heavy atom. The number of nitrogens with one attached hydrogen (secondary N) is 1. The second kappa shape index (κ2) is 8.53. The zero-order chi connectivity index (χ0) is 16.7. The summed E-state index contributed by atoms with van der Waals surface area (Å²) in [5.74, 6) is -0.290. The molecule has 0 saturated carbocycles. The number of urea groups is 1. The van der Waals surface area contributed by atoms with Gasteiger partial charge in [-0.2, -0.15) is 0 Å². The number of rotatable bonds is 6. The van der Waals surface area contributed by atoms with Crippen LogP contribution in [0.3, 0.4) is 0 Å². The van der Waals surface area contributed by atoms with E-state index in [1.807, 2.05) is 37.3 Å². The molecule has 2 aromatic rings. The molecule has 3 nitrogen and oxygen atoms in total. The monoisotopic (exact) mass is 334 g/mol. The number of nitrogens with zero attached hydrogens (tertiary/aromatic N) is 1. The van der Waals surface area contributed by atoms with Gasteiger partial charge in [-0.05, 0) is 48.7 Å². The van der Waals surface area contributed by atoms with Crippen LogP contribution in [-0.2, 0) is 13.0 Å². The molecule has 0 aliphatic rings. The zero-order valence-corrected chi connectivity index (χ0v) is 13.8. The third kappa shape index (κ3) is 5.57. The van der Waals surface area contributed by atoms with E-state index < -0.39 is 0 Å². The topological polar surface area (TPSA) is 32.3 Å². The lowest BCUT2D eigenvalue weighted by atomic mass is 10.1. The zero-order valence-electron chi connectivity index (χ0n) is 13.1. The number of halogens is 2. The molecule has 0 aliphatic heterocycles. The summed E-state index contributed by atoms with van der Waals surface area (Å²) >= 11 is 5.84. The van der Waals surface area contributed by atoms with E-state index >= 15 is 0 Å². The number of hydrogen-bond donors (Lipinski definition) is 1. The maximum atomic E-state index is 13.2. The van der Waals surface area contributed by atoms with Gasteiger partial charge in [0.1, 0.15) is 5.82 Å². The molecular weight excluding hydrogens is 315 g/mol. The lowest BCUT2D eigenvalue weighted by Gasteiger charge is -2.21. The fraction of sp³-hybridized carbons (Fsp3) is 0.278. The second-order valence-corrected chi connectivity index (χ2v) is 5.69. The van der Waals surface area contributed by atoms with Gasteiger partial charge in [-0.25, -0.2) is 9.18 Å². The van der Waals surface area contributed by atoms with Crippen LogP contribution in [0.1, 0.15) is 18.1 Å². The first kappa shape index (κ1) is 17.3. The Morgan fingerprint density at radius 1 is 1.17 bits per heavy atom. The number of amides is 2. The van der Waals surface area contributed by atoms with Crippen LogP contribution in [0, 0.1) is 5.82 Å². The van der Waals surface area contributed by atoms with E-state index in [2.05, 4.69) is 5.32 Å². The van der Waals surface area contributed by atoms with Crippen molar-refractivity contribution in [3.8, 4) is 0 Å². The highest BCUT2D eigenvalue weighted by Crippen LogP contribution is 2.10. The van der Waals surface area contributed by atoms with Crippen LogP contribution < -0.4 is 5.32 Å². The van der Waals surface area contributed by atoms with E-state index in [9.17, 15) is 9.18 Å². The molecule has 0 atom stereocenters. The predicted octanol–water partition coefficient (Wildman–Crippen LogP) is 4.25. The minimum absolute atomic E-state index is 0.147. The summed E-state index contributed by atoms with van der Waals surface area (Å²) in [6.07, 6.45) is 0.737. The first-order valence-electron chi connectivity index (χ1n) is 7.60. The molecule has 2 amide bonds. The standard InChI is InChI=1S/C18H20ClFN2O/c1-2-22(13-15-4-3-5-17(20)12-15)18(23)21-11-10-14-6-8-16(19)9-7-14/h3-9,12H,2,10-11,13H2,1H3,(H,21,23). The van der Waals surface area contributed by atoms with Crippen LogP contribution in [0.4, 0.5) is 9.18 Å². The third-order valence-corrected chi connectivity index (χ3v) is 3.79. The van der Waals surface area contributed by atoms with Gasteiger partial charge in [0.25, 0.3) is 0 Å². The summed E-state index contributed by atoms with van der Waals surface area (Å²) in [6, 6.07) is 13.7. The SMILES string of the molecule is CCN(Cc1cccc(F)c1)C(=O)NCCc1ccc(Cl)cc1. The van der Waals surface area contributed by atoms with Gasteiger partial charge in [0, 0.05) is 24.7 Å². The molecule has 2 rings (SSSR count). The predicted molar refractivity (Wildman–Crippen MR) is 91.0 cm³/mol. The van der Waals surface area contributed by atoms with E-state index in [0.717, 1.165) is 17.5 Å². The molecule has 0 unspecified atom stereocenters. The Labute approximate surface area is 141 Å². The largest absolute Gasteiger partial charge is 0.338 e. The normalized spacial score (nSPS) is 10.4. The fourth-order valence-corrected chi connectivity index (χ4v) is 2.39. The van der Waals surface area contributed by atoms with Crippen LogP contribution in [0.25, 0.3) is 0 Å². The second-order valence-electron chi connectivity index (χ2n) is 5.25. The van der Waals surface area contributed by atoms with Gasteiger partial charge in [-0.3, -0.25) is 0 Å². The molecule has 0 fully saturated rings. The van der Waals surface area contributed by atoms with Crippen molar-refractivity contribution < 1.29 is 9.18 Å². The molecule has 1 N–H and O–H groups in total. The van der Waals surface area contributed by atoms with Crippen LogP contribution in [0.2, 0.25) is 5.02 Å². The Balaban J connectivity index is 1.83. The van der Waals surface area contributed by atoms with Crippen LogP contribution in [0.5, 0.6) is 0 Å². The summed E-state index contributed by atoms with van der Waals surface area (Å²) in [6.45, 7) is 3.39. The van der Waals surface area contributed by atoms with Crippen molar-refractivity contribution in [1.82, 2.24) is 10.2 Å². The molecule has 0 spiro atoms. The molecule has 0 heterocycles. The first-order chi connectivity index (χ1) is 11.1. The minimum Gasteiger partial charge on any atom is -0.338 e. The number of hydrogen-bond acceptors (Lipinski definition) is 1. The molecule has 0 aliphatic carbocycles. The molecule has 2 aromatic carbocycles. The number of benzene rings is 2.